The summed E-state index contributed by atoms with van der Waals surface area (Å²) in [5, 5.41) is 24.0. The van der Waals surface area contributed by atoms with E-state index in [9.17, 15) is 19.5 Å². The van der Waals surface area contributed by atoms with Crippen molar-refractivity contribution >= 4 is 41.8 Å². The van der Waals surface area contributed by atoms with E-state index in [2.05, 4.69) is 10.6 Å². The van der Waals surface area contributed by atoms with Gasteiger partial charge in [-0.05, 0) is 90.2 Å². The van der Waals surface area contributed by atoms with Gasteiger partial charge in [0.15, 0.2) is 12.2 Å². The Bertz CT molecular complexity index is 1960. The molecule has 0 radical (unpaired) electrons. The van der Waals surface area contributed by atoms with E-state index in [1.807, 2.05) is 127 Å². The molecule has 5 aromatic rings. The summed E-state index contributed by atoms with van der Waals surface area (Å²) in [5.74, 6) is -0.422. The van der Waals surface area contributed by atoms with Crippen LogP contribution in [0.3, 0.4) is 0 Å². The first-order valence-corrected chi connectivity index (χ1v) is 19.3. The number of amides is 2. The first-order valence-electron chi connectivity index (χ1n) is 19.3. The molecule has 0 saturated heterocycles. The molecule has 13 heteroatoms. The lowest BCUT2D eigenvalue weighted by Crippen LogP contribution is -2.28. The van der Waals surface area contributed by atoms with E-state index in [-0.39, 0.29) is 18.4 Å². The summed E-state index contributed by atoms with van der Waals surface area (Å²) in [7, 11) is 0. The molecule has 6 N–H and O–H groups in total. The van der Waals surface area contributed by atoms with Gasteiger partial charge < -0.3 is 45.5 Å². The fourth-order valence-electron chi connectivity index (χ4n) is 5.68. The number of rotatable bonds is 21. The fraction of sp³-hybridized carbons (Fsp3) is 0.283. The molecule has 314 valence electrons. The number of hydrogen-bond donors (Lipinski definition) is 5. The Hall–Kier alpha value is -6.08. The topological polar surface area (TPSA) is 179 Å². The number of carbonyl (C=O) groups excluding carboxylic acids is 1. The smallest absolute Gasteiger partial charge is 0.333 e. The number of hydrogen-bond acceptors (Lipinski definition) is 8. The van der Waals surface area contributed by atoms with Crippen molar-refractivity contribution in [3.05, 3.63) is 155 Å². The molecule has 0 saturated carbocycles. The molecular formula is C46H54ClN3O9. The molecule has 0 bridgehead atoms. The lowest BCUT2D eigenvalue weighted by molar-refractivity contribution is -0.150. The van der Waals surface area contributed by atoms with Crippen LogP contribution in [0.25, 0.3) is 0 Å². The zero-order valence-electron chi connectivity index (χ0n) is 33.4. The number of urea groups is 1. The van der Waals surface area contributed by atoms with E-state index in [4.69, 9.17) is 29.8 Å². The van der Waals surface area contributed by atoms with Crippen molar-refractivity contribution in [3.63, 3.8) is 0 Å². The zero-order chi connectivity index (χ0) is 41.5. The highest BCUT2D eigenvalue weighted by molar-refractivity contribution is 5.89. The number of aliphatic carboxylic acids is 2. The molecule has 0 aliphatic rings. The van der Waals surface area contributed by atoms with Gasteiger partial charge >= 0.3 is 18.0 Å². The maximum Gasteiger partial charge on any atom is 0.333 e. The highest BCUT2D eigenvalue weighted by atomic mass is 35.5. The van der Waals surface area contributed by atoms with Crippen molar-refractivity contribution in [2.75, 3.05) is 37.5 Å². The number of carbonyl (C=O) groups is 3. The third-order valence-electron chi connectivity index (χ3n) is 8.78. The van der Waals surface area contributed by atoms with Crippen LogP contribution in [-0.4, -0.2) is 66.8 Å². The van der Waals surface area contributed by atoms with Crippen LogP contribution in [0.2, 0.25) is 0 Å². The number of carboxylic acid groups (broad SMARTS) is 2. The number of carboxylic acids is 2. The van der Waals surface area contributed by atoms with E-state index in [1.54, 1.807) is 13.8 Å². The van der Waals surface area contributed by atoms with E-state index < -0.39 is 24.1 Å². The number of halogens is 1. The standard InChI is InChI=1S/C27H30N2O5.C19H23NO4.ClH/c1-2-33-25(26(30)31)18-21-10-14-24(15-11-21)34-17-16-20-8-12-23(13-9-20)29-27(32)28-19-22-6-4-3-5-7-22;1-2-23-18(19(21)22)13-15-5-9-17(10-6-15)24-12-11-14-3-7-16(20)8-4-14;/h3-15,25H,2,16-19H2,1H3,(H,30,31)(H2,28,29,32);3-10,18H,2,11-13,20H2,1H3,(H,21,22);1H/t25-;18-;/m00./s1. The van der Waals surface area contributed by atoms with Crippen LogP contribution in [0.15, 0.2) is 127 Å². The van der Waals surface area contributed by atoms with Crippen LogP contribution >= 0.6 is 12.4 Å². The van der Waals surface area contributed by atoms with Crippen molar-refractivity contribution in [1.29, 1.82) is 0 Å². The molecule has 0 unspecified atom stereocenters. The molecule has 12 nitrogen and oxygen atoms in total. The van der Waals surface area contributed by atoms with Gasteiger partial charge in [0.1, 0.15) is 11.5 Å². The maximum atomic E-state index is 12.1. The van der Waals surface area contributed by atoms with Crippen molar-refractivity contribution < 1.29 is 43.5 Å². The van der Waals surface area contributed by atoms with Gasteiger partial charge in [-0.25, -0.2) is 14.4 Å². The SMILES string of the molecule is CCO[C@@H](Cc1ccc(OCCc2ccc(N)cc2)cc1)C(=O)O.CCO[C@@H](Cc1ccc(OCCc2ccc(NC(=O)NCc3ccccc3)cc2)cc1)C(=O)O.Cl. The highest BCUT2D eigenvalue weighted by Crippen LogP contribution is 2.17. The van der Waals surface area contributed by atoms with Crippen LogP contribution in [0.1, 0.15) is 41.7 Å². The number of nitrogen functional groups attached to an aromatic ring is 1. The molecule has 0 fully saturated rings. The molecule has 0 aromatic heterocycles. The van der Waals surface area contributed by atoms with Gasteiger partial charge in [0.2, 0.25) is 0 Å². The normalized spacial score (nSPS) is 11.4. The van der Waals surface area contributed by atoms with Crippen molar-refractivity contribution in [2.24, 2.45) is 0 Å². The predicted octanol–water partition coefficient (Wildman–Crippen LogP) is 8.01. The average Bonchev–Trinajstić information content (AvgIpc) is 3.23. The minimum atomic E-state index is -0.962. The summed E-state index contributed by atoms with van der Waals surface area (Å²) < 4.78 is 22.0. The summed E-state index contributed by atoms with van der Waals surface area (Å²) in [4.78, 5) is 34.4. The van der Waals surface area contributed by atoms with E-state index in [1.165, 1.54) is 5.56 Å². The lowest BCUT2D eigenvalue weighted by atomic mass is 10.1. The quantitative estimate of drug-likeness (QED) is 0.0455. The number of anilines is 2. The summed E-state index contributed by atoms with van der Waals surface area (Å²) in [6.07, 6.45) is 0.515. The number of nitrogens with one attached hydrogen (secondary N) is 2. The van der Waals surface area contributed by atoms with Gasteiger partial charge in [0.25, 0.3) is 0 Å². The molecule has 2 amide bonds. The fourth-order valence-corrected chi connectivity index (χ4v) is 5.68. The van der Waals surface area contributed by atoms with Gasteiger partial charge in [-0.15, -0.1) is 12.4 Å². The summed E-state index contributed by atoms with van der Waals surface area (Å²) in [5.41, 5.74) is 12.2. The van der Waals surface area contributed by atoms with Crippen LogP contribution in [0.5, 0.6) is 11.5 Å². The van der Waals surface area contributed by atoms with Crippen molar-refractivity contribution in [3.8, 4) is 11.5 Å². The Morgan fingerprint density at radius 1 is 0.576 bits per heavy atom. The van der Waals surface area contributed by atoms with Crippen LogP contribution in [0.4, 0.5) is 16.2 Å². The summed E-state index contributed by atoms with van der Waals surface area (Å²) in [6.45, 7) is 5.84. The lowest BCUT2D eigenvalue weighted by Gasteiger charge is -2.13. The second-order valence-corrected chi connectivity index (χ2v) is 13.2. The molecule has 2 atom stereocenters. The second kappa shape index (κ2) is 26.0. The average molecular weight is 828 g/mol. The van der Waals surface area contributed by atoms with Gasteiger partial charge in [0, 0.05) is 56.8 Å². The molecular weight excluding hydrogens is 774 g/mol. The Balaban J connectivity index is 0.000000329. The minimum Gasteiger partial charge on any atom is -0.493 e. The first kappa shape index (κ1) is 47.3. The van der Waals surface area contributed by atoms with Gasteiger partial charge in [0.05, 0.1) is 13.2 Å². The Kier molecular flexibility index (Phi) is 20.9. The Morgan fingerprint density at radius 2 is 1.00 bits per heavy atom. The summed E-state index contributed by atoms with van der Waals surface area (Å²) in [6, 6.07) is 39.7. The Labute approximate surface area is 352 Å². The molecule has 5 rings (SSSR count). The number of nitrogens with two attached hydrogens (primary N) is 1. The number of ether oxygens (including phenoxy) is 4. The summed E-state index contributed by atoms with van der Waals surface area (Å²) >= 11 is 0. The largest absolute Gasteiger partial charge is 0.493 e. The van der Waals surface area contributed by atoms with Gasteiger partial charge in [-0.1, -0.05) is 78.9 Å². The van der Waals surface area contributed by atoms with Gasteiger partial charge in [-0.2, -0.15) is 0 Å². The molecule has 0 aliphatic carbocycles. The van der Waals surface area contributed by atoms with E-state index in [0.717, 1.165) is 51.5 Å². The molecule has 0 spiro atoms. The first-order chi connectivity index (χ1) is 28.1. The van der Waals surface area contributed by atoms with Gasteiger partial charge in [-0.3, -0.25) is 0 Å². The van der Waals surface area contributed by atoms with Crippen LogP contribution in [-0.2, 0) is 51.3 Å². The monoisotopic (exact) mass is 827 g/mol. The highest BCUT2D eigenvalue weighted by Gasteiger charge is 2.19. The molecule has 5 aromatic carbocycles. The van der Waals surface area contributed by atoms with E-state index in [0.29, 0.717) is 52.2 Å². The van der Waals surface area contributed by atoms with E-state index >= 15 is 0 Å². The molecule has 0 heterocycles. The third-order valence-corrected chi connectivity index (χ3v) is 8.78. The predicted molar refractivity (Wildman–Crippen MR) is 232 cm³/mol. The molecule has 0 aliphatic heterocycles. The van der Waals surface area contributed by atoms with Crippen LogP contribution < -0.4 is 25.8 Å². The Morgan fingerprint density at radius 3 is 1.42 bits per heavy atom. The zero-order valence-corrected chi connectivity index (χ0v) is 34.2. The second-order valence-electron chi connectivity index (χ2n) is 13.2. The van der Waals surface area contributed by atoms with Crippen LogP contribution in [0, 0.1) is 0 Å². The molecule has 59 heavy (non-hydrogen) atoms. The van der Waals surface area contributed by atoms with Crippen molar-refractivity contribution in [1.82, 2.24) is 5.32 Å². The minimum absolute atomic E-state index is 0. The third kappa shape index (κ3) is 17.9. The number of benzene rings is 5. The van der Waals surface area contributed by atoms with Crippen molar-refractivity contribution in [2.45, 2.75) is 58.3 Å². The maximum absolute atomic E-state index is 12.1.